The molecule has 0 radical (unpaired) electrons. The highest BCUT2D eigenvalue weighted by molar-refractivity contribution is 5.87. The molecule has 0 bridgehead atoms. The topological polar surface area (TPSA) is 37.3 Å². The molecule has 1 fully saturated rings. The molecule has 0 aromatic heterocycles. The molecule has 1 saturated carbocycles. The number of allylic oxidation sites excluding steroid dienone is 1. The maximum Gasteiger partial charge on any atom is 0.331 e. The highest BCUT2D eigenvalue weighted by atomic mass is 16.4. The predicted molar refractivity (Wildman–Crippen MR) is 52.5 cm³/mol. The van der Waals surface area contributed by atoms with Crippen molar-refractivity contribution >= 4 is 5.97 Å². The second-order valence-corrected chi connectivity index (χ2v) is 4.90. The van der Waals surface area contributed by atoms with Crippen LogP contribution in [-0.2, 0) is 4.79 Å². The Kier molecular flexibility index (Phi) is 2.51. The molecule has 0 aromatic rings. The van der Waals surface area contributed by atoms with E-state index in [1.165, 1.54) is 0 Å². The minimum atomic E-state index is -0.764. The molecule has 1 aliphatic carbocycles. The van der Waals surface area contributed by atoms with Gasteiger partial charge >= 0.3 is 5.97 Å². The number of hydrogen-bond donors (Lipinski definition) is 1. The van der Waals surface area contributed by atoms with Crippen LogP contribution in [0.4, 0.5) is 0 Å². The Morgan fingerprint density at radius 1 is 1.54 bits per heavy atom. The van der Waals surface area contributed by atoms with E-state index in [1.54, 1.807) is 6.92 Å². The van der Waals surface area contributed by atoms with Gasteiger partial charge in [-0.3, -0.25) is 0 Å². The lowest BCUT2D eigenvalue weighted by Gasteiger charge is -2.14. The molecule has 1 aliphatic rings. The van der Waals surface area contributed by atoms with E-state index >= 15 is 0 Å². The van der Waals surface area contributed by atoms with Crippen molar-refractivity contribution in [3.8, 4) is 0 Å². The van der Waals surface area contributed by atoms with E-state index in [0.717, 1.165) is 18.4 Å². The molecule has 2 heteroatoms. The molecular formula is C11H18O2. The minimum Gasteiger partial charge on any atom is -0.478 e. The fraction of sp³-hybridized carbons (Fsp3) is 0.727. The van der Waals surface area contributed by atoms with Gasteiger partial charge < -0.3 is 5.11 Å². The van der Waals surface area contributed by atoms with Gasteiger partial charge in [0.05, 0.1) is 0 Å². The van der Waals surface area contributed by atoms with Gasteiger partial charge in [0.25, 0.3) is 0 Å². The quantitative estimate of drug-likeness (QED) is 0.633. The Balaban J connectivity index is 2.96. The average Bonchev–Trinajstić information content (AvgIpc) is 2.22. The van der Waals surface area contributed by atoms with Gasteiger partial charge in [0, 0.05) is 5.57 Å². The lowest BCUT2D eigenvalue weighted by Crippen LogP contribution is -2.04. The van der Waals surface area contributed by atoms with Gasteiger partial charge in [-0.05, 0) is 31.1 Å². The number of carboxylic acid groups (broad SMARTS) is 1. The van der Waals surface area contributed by atoms with E-state index < -0.39 is 5.97 Å². The Morgan fingerprint density at radius 3 is 2.38 bits per heavy atom. The normalized spacial score (nSPS) is 30.3. The van der Waals surface area contributed by atoms with Crippen LogP contribution in [0.3, 0.4) is 0 Å². The predicted octanol–water partition coefficient (Wildman–Crippen LogP) is 2.84. The zero-order chi connectivity index (χ0) is 10.2. The zero-order valence-electron chi connectivity index (χ0n) is 8.85. The van der Waals surface area contributed by atoms with Gasteiger partial charge in [0.15, 0.2) is 0 Å². The summed E-state index contributed by atoms with van der Waals surface area (Å²) in [4.78, 5) is 10.8. The Bertz CT molecular complexity index is 261. The molecule has 1 N–H and O–H groups in total. The van der Waals surface area contributed by atoms with Gasteiger partial charge in [-0.2, -0.15) is 0 Å². The first kappa shape index (κ1) is 10.3. The lowest BCUT2D eigenvalue weighted by atomic mass is 9.91. The minimum absolute atomic E-state index is 0.283. The Morgan fingerprint density at radius 2 is 2.08 bits per heavy atom. The molecule has 0 heterocycles. The number of carboxylic acids is 1. The second-order valence-electron chi connectivity index (χ2n) is 4.90. The van der Waals surface area contributed by atoms with Crippen molar-refractivity contribution < 1.29 is 9.90 Å². The third kappa shape index (κ3) is 2.11. The summed E-state index contributed by atoms with van der Waals surface area (Å²) >= 11 is 0. The third-order valence-corrected chi connectivity index (χ3v) is 2.93. The highest BCUT2D eigenvalue weighted by Gasteiger charge is 2.34. The first-order valence-corrected chi connectivity index (χ1v) is 4.76. The van der Waals surface area contributed by atoms with Crippen LogP contribution in [0.5, 0.6) is 0 Å². The SMILES string of the molecule is CC(C(=O)O)=C1CC(C)(C)CC1C. The first-order chi connectivity index (χ1) is 5.83. The largest absolute Gasteiger partial charge is 0.478 e. The van der Waals surface area contributed by atoms with Crippen LogP contribution in [0.2, 0.25) is 0 Å². The van der Waals surface area contributed by atoms with Crippen molar-refractivity contribution in [1.29, 1.82) is 0 Å². The average molecular weight is 182 g/mol. The fourth-order valence-corrected chi connectivity index (χ4v) is 2.35. The van der Waals surface area contributed by atoms with Crippen molar-refractivity contribution in [1.82, 2.24) is 0 Å². The summed E-state index contributed by atoms with van der Waals surface area (Å²) in [6, 6.07) is 0. The van der Waals surface area contributed by atoms with E-state index in [-0.39, 0.29) is 5.41 Å². The number of aliphatic carboxylic acids is 1. The third-order valence-electron chi connectivity index (χ3n) is 2.93. The van der Waals surface area contributed by atoms with Crippen molar-refractivity contribution in [2.24, 2.45) is 11.3 Å². The fourth-order valence-electron chi connectivity index (χ4n) is 2.35. The van der Waals surface area contributed by atoms with Crippen LogP contribution < -0.4 is 0 Å². The van der Waals surface area contributed by atoms with Crippen molar-refractivity contribution in [2.75, 3.05) is 0 Å². The van der Waals surface area contributed by atoms with Gasteiger partial charge in [0.1, 0.15) is 0 Å². The summed E-state index contributed by atoms with van der Waals surface area (Å²) < 4.78 is 0. The molecule has 2 nitrogen and oxygen atoms in total. The van der Waals surface area contributed by atoms with Crippen LogP contribution in [0.25, 0.3) is 0 Å². The molecule has 0 spiro atoms. The van der Waals surface area contributed by atoms with Crippen molar-refractivity contribution in [2.45, 2.75) is 40.5 Å². The van der Waals surface area contributed by atoms with Gasteiger partial charge in [-0.15, -0.1) is 0 Å². The molecule has 0 saturated heterocycles. The molecule has 0 amide bonds. The van der Waals surface area contributed by atoms with Crippen LogP contribution in [0, 0.1) is 11.3 Å². The molecule has 1 rings (SSSR count). The maximum atomic E-state index is 10.8. The summed E-state index contributed by atoms with van der Waals surface area (Å²) in [5.41, 5.74) is 1.97. The molecule has 0 aliphatic heterocycles. The Labute approximate surface area is 79.6 Å². The standard InChI is InChI=1S/C11H18O2/c1-7-5-11(3,4)6-9(7)8(2)10(12)13/h7H,5-6H2,1-4H3,(H,12,13). The molecule has 0 aromatic carbocycles. The summed E-state index contributed by atoms with van der Waals surface area (Å²) in [6.07, 6.45) is 2.04. The molecule has 1 atom stereocenters. The van der Waals surface area contributed by atoms with E-state index in [1.807, 2.05) is 0 Å². The summed E-state index contributed by atoms with van der Waals surface area (Å²) in [6.45, 7) is 8.24. The Hall–Kier alpha value is -0.790. The lowest BCUT2D eigenvalue weighted by molar-refractivity contribution is -0.132. The smallest absolute Gasteiger partial charge is 0.331 e. The molecular weight excluding hydrogens is 164 g/mol. The monoisotopic (exact) mass is 182 g/mol. The van der Waals surface area contributed by atoms with Crippen LogP contribution >= 0.6 is 0 Å². The maximum absolute atomic E-state index is 10.8. The number of hydrogen-bond acceptors (Lipinski definition) is 1. The van der Waals surface area contributed by atoms with Crippen LogP contribution in [0.15, 0.2) is 11.1 Å². The highest BCUT2D eigenvalue weighted by Crippen LogP contribution is 2.45. The van der Waals surface area contributed by atoms with Crippen LogP contribution in [0.1, 0.15) is 40.5 Å². The summed E-state index contributed by atoms with van der Waals surface area (Å²) in [7, 11) is 0. The van der Waals surface area contributed by atoms with Crippen molar-refractivity contribution in [3.05, 3.63) is 11.1 Å². The zero-order valence-corrected chi connectivity index (χ0v) is 8.85. The van der Waals surface area contributed by atoms with E-state index in [2.05, 4.69) is 20.8 Å². The number of rotatable bonds is 1. The van der Waals surface area contributed by atoms with E-state index in [4.69, 9.17) is 5.11 Å². The van der Waals surface area contributed by atoms with Crippen LogP contribution in [-0.4, -0.2) is 11.1 Å². The summed E-state index contributed by atoms with van der Waals surface area (Å²) in [5.74, 6) is -0.328. The van der Waals surface area contributed by atoms with E-state index in [0.29, 0.717) is 11.5 Å². The molecule has 13 heavy (non-hydrogen) atoms. The number of carbonyl (C=O) groups is 1. The summed E-state index contributed by atoms with van der Waals surface area (Å²) in [5, 5.41) is 8.87. The molecule has 1 unspecified atom stereocenters. The van der Waals surface area contributed by atoms with Gasteiger partial charge in [-0.25, -0.2) is 4.79 Å². The first-order valence-electron chi connectivity index (χ1n) is 4.76. The van der Waals surface area contributed by atoms with Gasteiger partial charge in [-0.1, -0.05) is 26.3 Å². The van der Waals surface area contributed by atoms with Crippen molar-refractivity contribution in [3.63, 3.8) is 0 Å². The second kappa shape index (κ2) is 3.17. The van der Waals surface area contributed by atoms with Gasteiger partial charge in [0.2, 0.25) is 0 Å². The van der Waals surface area contributed by atoms with E-state index in [9.17, 15) is 4.79 Å². The molecule has 74 valence electrons.